The van der Waals surface area contributed by atoms with Crippen molar-refractivity contribution in [1.82, 2.24) is 0 Å². The number of Topliss-reactive ketones (excluding diaryl/α,β-unsaturated/α-hetero) is 1. The van der Waals surface area contributed by atoms with Crippen LogP contribution in [0.25, 0.3) is 0 Å². The Labute approximate surface area is 81.9 Å². The Morgan fingerprint density at radius 3 is 1.77 bits per heavy atom. The van der Waals surface area contributed by atoms with Crippen LogP contribution in [0.4, 0.5) is 0 Å². The highest BCUT2D eigenvalue weighted by atomic mass is 16.1. The van der Waals surface area contributed by atoms with Crippen LogP contribution in [0.3, 0.4) is 0 Å². The van der Waals surface area contributed by atoms with Gasteiger partial charge in [-0.15, -0.1) is 0 Å². The summed E-state index contributed by atoms with van der Waals surface area (Å²) >= 11 is 0. The van der Waals surface area contributed by atoms with Crippen molar-refractivity contribution in [2.45, 2.75) is 48.0 Å². The third kappa shape index (κ3) is 2.32. The van der Waals surface area contributed by atoms with E-state index in [9.17, 15) is 4.79 Å². The minimum atomic E-state index is -0.148. The summed E-state index contributed by atoms with van der Waals surface area (Å²) < 4.78 is 0. The zero-order valence-electron chi connectivity index (χ0n) is 9.77. The van der Waals surface area contributed by atoms with E-state index in [1.54, 1.807) is 0 Å². The first-order chi connectivity index (χ1) is 5.64. The van der Waals surface area contributed by atoms with Gasteiger partial charge in [0.05, 0.1) is 0 Å². The van der Waals surface area contributed by atoms with Crippen molar-refractivity contribution >= 4 is 5.78 Å². The van der Waals surface area contributed by atoms with Gasteiger partial charge >= 0.3 is 0 Å². The van der Waals surface area contributed by atoms with Crippen molar-refractivity contribution in [3.63, 3.8) is 0 Å². The molecule has 0 aromatic heterocycles. The molecule has 1 fully saturated rings. The van der Waals surface area contributed by atoms with Crippen molar-refractivity contribution in [3.05, 3.63) is 0 Å². The molecular formula is C12H22O. The minimum absolute atomic E-state index is 0.148. The average molecular weight is 182 g/mol. The lowest BCUT2D eigenvalue weighted by molar-refractivity contribution is -0.128. The first-order valence-electron chi connectivity index (χ1n) is 5.18. The lowest BCUT2D eigenvalue weighted by Gasteiger charge is -2.21. The quantitative estimate of drug-likeness (QED) is 0.608. The maximum atomic E-state index is 11.9. The molecule has 0 unspecified atom stereocenters. The van der Waals surface area contributed by atoms with Gasteiger partial charge in [-0.2, -0.15) is 0 Å². The molecule has 13 heavy (non-hydrogen) atoms. The van der Waals surface area contributed by atoms with Crippen LogP contribution in [-0.4, -0.2) is 5.78 Å². The second kappa shape index (κ2) is 2.83. The van der Waals surface area contributed by atoms with Gasteiger partial charge in [-0.05, 0) is 17.8 Å². The number of carbonyl (C=O) groups is 1. The number of hydrogen-bond donors (Lipinski definition) is 0. The monoisotopic (exact) mass is 182 g/mol. The lowest BCUT2D eigenvalue weighted by Crippen LogP contribution is -2.24. The first-order valence-corrected chi connectivity index (χ1v) is 5.18. The molecule has 2 atom stereocenters. The fourth-order valence-electron chi connectivity index (χ4n) is 2.00. The third-order valence-corrected chi connectivity index (χ3v) is 2.98. The standard InChI is InChI=1S/C12H22O/c1-11(2,3)9-7-8(9)10(13)12(4,5)6/h8-9H,7H2,1-6H3/t8-,9+/m0/s1. The highest BCUT2D eigenvalue weighted by Crippen LogP contribution is 2.53. The highest BCUT2D eigenvalue weighted by Gasteiger charge is 2.51. The number of rotatable bonds is 1. The minimum Gasteiger partial charge on any atom is -0.299 e. The van der Waals surface area contributed by atoms with Crippen LogP contribution in [0.5, 0.6) is 0 Å². The molecule has 76 valence electrons. The van der Waals surface area contributed by atoms with Gasteiger partial charge in [0.1, 0.15) is 5.78 Å². The number of hydrogen-bond acceptors (Lipinski definition) is 1. The van der Waals surface area contributed by atoms with Gasteiger partial charge in [0.2, 0.25) is 0 Å². The Morgan fingerprint density at radius 1 is 1.08 bits per heavy atom. The first kappa shape index (κ1) is 10.7. The van der Waals surface area contributed by atoms with Crippen molar-refractivity contribution < 1.29 is 4.79 Å². The SMILES string of the molecule is CC(C)(C)C(=O)[C@H]1C[C@H]1C(C)(C)C. The van der Waals surface area contributed by atoms with Crippen LogP contribution in [0, 0.1) is 22.7 Å². The zero-order valence-corrected chi connectivity index (χ0v) is 9.77. The topological polar surface area (TPSA) is 17.1 Å². The summed E-state index contributed by atoms with van der Waals surface area (Å²) in [4.78, 5) is 11.9. The fraction of sp³-hybridized carbons (Fsp3) is 0.917. The molecular weight excluding hydrogens is 160 g/mol. The predicted octanol–water partition coefficient (Wildman–Crippen LogP) is 3.28. The summed E-state index contributed by atoms with van der Waals surface area (Å²) in [6.07, 6.45) is 1.11. The molecule has 0 heterocycles. The van der Waals surface area contributed by atoms with E-state index in [1.807, 2.05) is 20.8 Å². The van der Waals surface area contributed by atoms with Crippen molar-refractivity contribution in [2.24, 2.45) is 22.7 Å². The van der Waals surface area contributed by atoms with Crippen molar-refractivity contribution in [1.29, 1.82) is 0 Å². The predicted molar refractivity (Wildman–Crippen MR) is 55.5 cm³/mol. The van der Waals surface area contributed by atoms with Gasteiger partial charge < -0.3 is 0 Å². The maximum Gasteiger partial charge on any atom is 0.141 e. The molecule has 1 nitrogen and oxygen atoms in total. The number of ketones is 1. The van der Waals surface area contributed by atoms with Crippen LogP contribution in [0.1, 0.15) is 48.0 Å². The molecule has 1 aliphatic rings. The molecule has 0 N–H and O–H groups in total. The fourth-order valence-corrected chi connectivity index (χ4v) is 2.00. The van der Waals surface area contributed by atoms with E-state index in [-0.39, 0.29) is 5.41 Å². The molecule has 0 aromatic carbocycles. The molecule has 0 aliphatic heterocycles. The Morgan fingerprint density at radius 2 is 1.54 bits per heavy atom. The van der Waals surface area contributed by atoms with Crippen LogP contribution in [0.2, 0.25) is 0 Å². The molecule has 0 spiro atoms. The van der Waals surface area contributed by atoms with E-state index < -0.39 is 0 Å². The van der Waals surface area contributed by atoms with Gasteiger partial charge in [0.25, 0.3) is 0 Å². The van der Waals surface area contributed by atoms with Crippen molar-refractivity contribution in [2.75, 3.05) is 0 Å². The Balaban J connectivity index is 2.58. The molecule has 1 saturated carbocycles. The van der Waals surface area contributed by atoms with Crippen LogP contribution < -0.4 is 0 Å². The Hall–Kier alpha value is -0.330. The van der Waals surface area contributed by atoms with Gasteiger partial charge in [-0.3, -0.25) is 4.79 Å². The normalized spacial score (nSPS) is 28.8. The molecule has 0 aromatic rings. The number of carbonyl (C=O) groups excluding carboxylic acids is 1. The molecule has 0 amide bonds. The largest absolute Gasteiger partial charge is 0.299 e. The van der Waals surface area contributed by atoms with E-state index in [2.05, 4.69) is 20.8 Å². The molecule has 1 aliphatic carbocycles. The molecule has 0 saturated heterocycles. The lowest BCUT2D eigenvalue weighted by atomic mass is 9.83. The van der Waals surface area contributed by atoms with Crippen molar-refractivity contribution in [3.8, 4) is 0 Å². The average Bonchev–Trinajstić information content (AvgIpc) is 2.58. The Bertz CT molecular complexity index is 214. The van der Waals surface area contributed by atoms with E-state index in [0.29, 0.717) is 23.0 Å². The zero-order chi connectivity index (χ0) is 10.4. The van der Waals surface area contributed by atoms with Crippen LogP contribution >= 0.6 is 0 Å². The van der Waals surface area contributed by atoms with E-state index in [1.165, 1.54) is 0 Å². The summed E-state index contributed by atoms with van der Waals surface area (Å²) in [6, 6.07) is 0. The summed E-state index contributed by atoms with van der Waals surface area (Å²) in [6.45, 7) is 12.8. The van der Waals surface area contributed by atoms with E-state index >= 15 is 0 Å². The van der Waals surface area contributed by atoms with E-state index in [0.717, 1.165) is 6.42 Å². The summed E-state index contributed by atoms with van der Waals surface area (Å²) in [5, 5.41) is 0. The van der Waals surface area contributed by atoms with Gasteiger partial charge in [0, 0.05) is 11.3 Å². The van der Waals surface area contributed by atoms with E-state index in [4.69, 9.17) is 0 Å². The molecule has 1 heteroatoms. The van der Waals surface area contributed by atoms with Gasteiger partial charge in [0.15, 0.2) is 0 Å². The second-order valence-corrected chi connectivity index (χ2v) is 6.43. The highest BCUT2D eigenvalue weighted by molar-refractivity contribution is 5.88. The van der Waals surface area contributed by atoms with Crippen LogP contribution in [0.15, 0.2) is 0 Å². The summed E-state index contributed by atoms with van der Waals surface area (Å²) in [7, 11) is 0. The molecule has 1 rings (SSSR count). The molecule has 0 bridgehead atoms. The second-order valence-electron chi connectivity index (χ2n) is 6.43. The Kier molecular flexibility index (Phi) is 2.34. The third-order valence-electron chi connectivity index (χ3n) is 2.98. The van der Waals surface area contributed by atoms with Crippen LogP contribution in [-0.2, 0) is 4.79 Å². The van der Waals surface area contributed by atoms with Gasteiger partial charge in [-0.25, -0.2) is 0 Å². The molecule has 0 radical (unpaired) electrons. The van der Waals surface area contributed by atoms with Gasteiger partial charge in [-0.1, -0.05) is 41.5 Å². The maximum absolute atomic E-state index is 11.9. The summed E-state index contributed by atoms with van der Waals surface area (Å²) in [5.41, 5.74) is 0.163. The smallest absolute Gasteiger partial charge is 0.141 e. The summed E-state index contributed by atoms with van der Waals surface area (Å²) in [5.74, 6) is 1.42.